The van der Waals surface area contributed by atoms with Crippen LogP contribution in [0.1, 0.15) is 16.8 Å². The first-order chi connectivity index (χ1) is 15.1. The van der Waals surface area contributed by atoms with Crippen LogP contribution < -0.4 is 20.1 Å². The zero-order chi connectivity index (χ0) is 22.1. The Morgan fingerprint density at radius 1 is 0.871 bits per heavy atom. The van der Waals surface area contributed by atoms with Crippen molar-refractivity contribution in [3.63, 3.8) is 0 Å². The number of hydrogen-bond acceptors (Lipinski definition) is 5. The fourth-order valence-electron chi connectivity index (χ4n) is 3.05. The molecule has 0 spiro atoms. The smallest absolute Gasteiger partial charge is 0.251 e. The van der Waals surface area contributed by atoms with Gasteiger partial charge in [0.25, 0.3) is 5.91 Å². The van der Waals surface area contributed by atoms with Gasteiger partial charge in [-0.2, -0.15) is 0 Å². The monoisotopic (exact) mass is 422 g/mol. The lowest BCUT2D eigenvalue weighted by molar-refractivity contribution is -0.116. The second kappa shape index (κ2) is 11.0. The summed E-state index contributed by atoms with van der Waals surface area (Å²) >= 11 is 0. The molecule has 0 aliphatic carbocycles. The maximum absolute atomic E-state index is 12.4. The number of carbonyl (C=O) groups excluding carboxylic acids is 2. The third-order valence-corrected chi connectivity index (χ3v) is 4.64. The fourth-order valence-corrected chi connectivity index (χ4v) is 3.05. The van der Waals surface area contributed by atoms with Crippen molar-refractivity contribution in [3.8, 4) is 11.5 Å². The highest BCUT2D eigenvalue weighted by molar-refractivity contribution is 5.99. The van der Waals surface area contributed by atoms with Gasteiger partial charge in [0.15, 0.2) is 11.5 Å². The maximum Gasteiger partial charge on any atom is 0.251 e. The van der Waals surface area contributed by atoms with Gasteiger partial charge in [-0.15, -0.1) is 0 Å². The van der Waals surface area contributed by atoms with Gasteiger partial charge in [-0.3, -0.25) is 9.59 Å². The van der Waals surface area contributed by atoms with Crippen molar-refractivity contribution in [2.24, 2.45) is 0 Å². The molecule has 7 nitrogen and oxygen atoms in total. The highest BCUT2D eigenvalue weighted by Crippen LogP contribution is 2.30. The second-order valence-corrected chi connectivity index (χ2v) is 6.82. The molecule has 0 aliphatic rings. The minimum atomic E-state index is -0.216. The second-order valence-electron chi connectivity index (χ2n) is 6.82. The van der Waals surface area contributed by atoms with Crippen LogP contribution in [0.3, 0.4) is 0 Å². The number of benzene rings is 3. The number of fused-ring (bicyclic) bond motifs is 1. The topological polar surface area (TPSA) is 85.9 Å². The van der Waals surface area contributed by atoms with Crippen molar-refractivity contribution in [3.05, 3.63) is 66.2 Å². The van der Waals surface area contributed by atoms with E-state index in [-0.39, 0.29) is 24.8 Å². The molecule has 3 aromatic carbocycles. The van der Waals surface area contributed by atoms with E-state index in [1.165, 1.54) is 0 Å². The number of rotatable bonds is 10. The van der Waals surface area contributed by atoms with Crippen LogP contribution in [0.25, 0.3) is 10.8 Å². The molecule has 162 valence electrons. The molecular formula is C24H26N2O5. The Balaban J connectivity index is 1.51. The van der Waals surface area contributed by atoms with Crippen LogP contribution in [0.15, 0.2) is 60.7 Å². The predicted molar refractivity (Wildman–Crippen MR) is 120 cm³/mol. The summed E-state index contributed by atoms with van der Waals surface area (Å²) < 4.78 is 15.9. The lowest BCUT2D eigenvalue weighted by atomic mass is 10.1. The molecule has 3 aromatic rings. The van der Waals surface area contributed by atoms with Crippen molar-refractivity contribution in [1.29, 1.82) is 0 Å². The van der Waals surface area contributed by atoms with E-state index in [2.05, 4.69) is 10.6 Å². The zero-order valence-corrected chi connectivity index (χ0v) is 17.6. The molecule has 7 heteroatoms. The van der Waals surface area contributed by atoms with E-state index < -0.39 is 0 Å². The van der Waals surface area contributed by atoms with Gasteiger partial charge < -0.3 is 24.8 Å². The first kappa shape index (κ1) is 22.1. The summed E-state index contributed by atoms with van der Waals surface area (Å²) in [5, 5.41) is 7.66. The predicted octanol–water partition coefficient (Wildman–Crippen LogP) is 3.63. The average molecular weight is 422 g/mol. The largest absolute Gasteiger partial charge is 0.493 e. The van der Waals surface area contributed by atoms with Crippen molar-refractivity contribution >= 4 is 28.3 Å². The summed E-state index contributed by atoms with van der Waals surface area (Å²) in [6, 6.07) is 18.5. The van der Waals surface area contributed by atoms with Gasteiger partial charge in [-0.25, -0.2) is 0 Å². The number of nitrogens with one attached hydrogen (secondary N) is 2. The van der Waals surface area contributed by atoms with Crippen molar-refractivity contribution in [2.45, 2.75) is 6.42 Å². The number of amides is 2. The lowest BCUT2D eigenvalue weighted by Gasteiger charge is -2.13. The standard InChI is InChI=1S/C24H26N2O5/c1-29-13-14-31-22-16-20(9-10-21(22)30-2)26-23(27)11-12-25-24(28)19-8-7-17-5-3-4-6-18(17)15-19/h3-10,15-16H,11-14H2,1-2H3,(H,25,28)(H,26,27). The lowest BCUT2D eigenvalue weighted by Crippen LogP contribution is -2.27. The third kappa shape index (κ3) is 6.20. The average Bonchev–Trinajstić information content (AvgIpc) is 2.79. The Labute approximate surface area is 181 Å². The van der Waals surface area contributed by atoms with Crippen molar-refractivity contribution in [1.82, 2.24) is 5.32 Å². The van der Waals surface area contributed by atoms with E-state index in [1.54, 1.807) is 38.5 Å². The van der Waals surface area contributed by atoms with Crippen LogP contribution in [0.4, 0.5) is 5.69 Å². The van der Waals surface area contributed by atoms with Gasteiger partial charge in [-0.1, -0.05) is 30.3 Å². The van der Waals surface area contributed by atoms with Gasteiger partial charge in [0.1, 0.15) is 6.61 Å². The highest BCUT2D eigenvalue weighted by Gasteiger charge is 2.10. The van der Waals surface area contributed by atoms with Crippen LogP contribution in [0.2, 0.25) is 0 Å². The van der Waals surface area contributed by atoms with Crippen LogP contribution in [-0.2, 0) is 9.53 Å². The van der Waals surface area contributed by atoms with E-state index >= 15 is 0 Å². The van der Waals surface area contributed by atoms with Crippen LogP contribution >= 0.6 is 0 Å². The molecular weight excluding hydrogens is 396 g/mol. The Morgan fingerprint density at radius 2 is 1.68 bits per heavy atom. The molecule has 0 unspecified atom stereocenters. The molecule has 0 fully saturated rings. The van der Waals surface area contributed by atoms with E-state index in [4.69, 9.17) is 14.2 Å². The Hall–Kier alpha value is -3.58. The minimum Gasteiger partial charge on any atom is -0.493 e. The zero-order valence-electron chi connectivity index (χ0n) is 17.6. The Kier molecular flexibility index (Phi) is 7.84. The molecule has 31 heavy (non-hydrogen) atoms. The Morgan fingerprint density at radius 3 is 2.45 bits per heavy atom. The van der Waals surface area contributed by atoms with Gasteiger partial charge in [0.05, 0.1) is 13.7 Å². The number of ether oxygens (including phenoxy) is 3. The summed E-state index contributed by atoms with van der Waals surface area (Å²) in [6.07, 6.45) is 0.144. The fraction of sp³-hybridized carbons (Fsp3) is 0.250. The molecule has 0 atom stereocenters. The summed E-state index contributed by atoms with van der Waals surface area (Å²) in [5.74, 6) is 0.655. The molecule has 0 aliphatic heterocycles. The summed E-state index contributed by atoms with van der Waals surface area (Å²) in [4.78, 5) is 24.7. The van der Waals surface area contributed by atoms with Gasteiger partial charge >= 0.3 is 0 Å². The number of anilines is 1. The molecule has 0 radical (unpaired) electrons. The molecule has 0 saturated heterocycles. The van der Waals surface area contributed by atoms with E-state index in [1.807, 2.05) is 36.4 Å². The minimum absolute atomic E-state index is 0.144. The highest BCUT2D eigenvalue weighted by atomic mass is 16.5. The number of hydrogen-bond donors (Lipinski definition) is 2. The first-order valence-corrected chi connectivity index (χ1v) is 9.97. The Bertz CT molecular complexity index is 1050. The number of methoxy groups -OCH3 is 2. The maximum atomic E-state index is 12.4. The molecule has 3 rings (SSSR count). The van der Waals surface area contributed by atoms with Crippen LogP contribution in [-0.4, -0.2) is 45.8 Å². The van der Waals surface area contributed by atoms with Gasteiger partial charge in [0.2, 0.25) is 5.91 Å². The van der Waals surface area contributed by atoms with Crippen LogP contribution in [0, 0.1) is 0 Å². The van der Waals surface area contributed by atoms with Crippen LogP contribution in [0.5, 0.6) is 11.5 Å². The summed E-state index contributed by atoms with van der Waals surface area (Å²) in [5.41, 5.74) is 1.14. The molecule has 0 aromatic heterocycles. The van der Waals surface area contributed by atoms with E-state index in [0.717, 1.165) is 10.8 Å². The van der Waals surface area contributed by atoms with Crippen molar-refractivity contribution in [2.75, 3.05) is 39.3 Å². The number of carbonyl (C=O) groups is 2. The molecule has 2 N–H and O–H groups in total. The molecule has 2 amide bonds. The molecule has 0 heterocycles. The van der Waals surface area contributed by atoms with Crippen molar-refractivity contribution < 1.29 is 23.8 Å². The molecule has 0 saturated carbocycles. The quantitative estimate of drug-likeness (QED) is 0.487. The van der Waals surface area contributed by atoms with Gasteiger partial charge in [0, 0.05) is 37.4 Å². The first-order valence-electron chi connectivity index (χ1n) is 9.97. The van der Waals surface area contributed by atoms with Gasteiger partial charge in [-0.05, 0) is 35.0 Å². The van der Waals surface area contributed by atoms with E-state index in [0.29, 0.717) is 36.0 Å². The molecule has 0 bridgehead atoms. The normalized spacial score (nSPS) is 10.5. The SMILES string of the molecule is COCCOc1cc(NC(=O)CCNC(=O)c2ccc3ccccc3c2)ccc1OC. The summed E-state index contributed by atoms with van der Waals surface area (Å²) in [6.45, 7) is 1.03. The third-order valence-electron chi connectivity index (χ3n) is 4.64. The van der Waals surface area contributed by atoms with E-state index in [9.17, 15) is 9.59 Å². The summed E-state index contributed by atoms with van der Waals surface area (Å²) in [7, 11) is 3.14.